The maximum atomic E-state index is 12.4. The second-order valence-electron chi connectivity index (χ2n) is 5.36. The van der Waals surface area contributed by atoms with Crippen molar-refractivity contribution in [2.45, 2.75) is 11.4 Å². The van der Waals surface area contributed by atoms with Crippen molar-refractivity contribution in [1.29, 1.82) is 5.26 Å². The van der Waals surface area contributed by atoms with Crippen LogP contribution in [0.3, 0.4) is 0 Å². The van der Waals surface area contributed by atoms with Crippen LogP contribution in [0.5, 0.6) is 0 Å². The number of halogens is 1. The minimum atomic E-state index is -3.68. The average molecular weight is 385 g/mol. The van der Waals surface area contributed by atoms with Crippen LogP contribution in [0, 0.1) is 11.3 Å². The molecule has 0 saturated carbocycles. The number of hydrogen-bond donors (Lipinski definition) is 1. The second-order valence-corrected chi connectivity index (χ2v) is 7.46. The molecule has 1 heterocycles. The summed E-state index contributed by atoms with van der Waals surface area (Å²) in [5.41, 5.74) is 2.80. The predicted octanol–water partition coefficient (Wildman–Crippen LogP) is 3.15. The summed E-state index contributed by atoms with van der Waals surface area (Å²) in [6.07, 6.45) is 1.46. The van der Waals surface area contributed by atoms with Gasteiger partial charge in [-0.15, -0.1) is 0 Å². The van der Waals surface area contributed by atoms with Gasteiger partial charge in [-0.05, 0) is 53.1 Å². The molecular weight excluding hydrogens is 372 g/mol. The van der Waals surface area contributed by atoms with Gasteiger partial charge >= 0.3 is 0 Å². The Labute approximate surface area is 156 Å². The molecule has 1 N–H and O–H groups in total. The second kappa shape index (κ2) is 7.62. The third-order valence-electron chi connectivity index (χ3n) is 3.64. The SMILES string of the molecule is N#Cc1ccc(-c2ccc(S(=O)(=O)NCc3ccnc(Cl)n3)cc2)cc1. The Kier molecular flexibility index (Phi) is 5.28. The Bertz CT molecular complexity index is 1060. The van der Waals surface area contributed by atoms with E-state index in [1.165, 1.54) is 18.3 Å². The molecule has 2 aromatic carbocycles. The van der Waals surface area contributed by atoms with E-state index in [4.69, 9.17) is 16.9 Å². The van der Waals surface area contributed by atoms with Crippen molar-refractivity contribution < 1.29 is 8.42 Å². The Morgan fingerprint density at radius 3 is 2.19 bits per heavy atom. The Balaban J connectivity index is 1.75. The lowest BCUT2D eigenvalue weighted by atomic mass is 10.0. The van der Waals surface area contributed by atoms with Crippen molar-refractivity contribution in [2.24, 2.45) is 0 Å². The minimum absolute atomic E-state index is 0.0158. The van der Waals surface area contributed by atoms with E-state index >= 15 is 0 Å². The first-order chi connectivity index (χ1) is 12.5. The zero-order valence-electron chi connectivity index (χ0n) is 13.4. The number of nitriles is 1. The summed E-state index contributed by atoms with van der Waals surface area (Å²) in [6.45, 7) is 0.0158. The third-order valence-corrected chi connectivity index (χ3v) is 5.24. The number of sulfonamides is 1. The first-order valence-corrected chi connectivity index (χ1v) is 9.42. The van der Waals surface area contributed by atoms with E-state index in [2.05, 4.69) is 20.8 Å². The molecular formula is C18H13ClN4O2S. The first-order valence-electron chi connectivity index (χ1n) is 7.56. The van der Waals surface area contributed by atoms with E-state index in [1.54, 1.807) is 30.3 Å². The maximum Gasteiger partial charge on any atom is 0.240 e. The summed E-state index contributed by atoms with van der Waals surface area (Å²) >= 11 is 5.69. The van der Waals surface area contributed by atoms with Gasteiger partial charge in [0.05, 0.1) is 28.8 Å². The molecule has 6 nitrogen and oxygen atoms in total. The van der Waals surface area contributed by atoms with Gasteiger partial charge in [-0.25, -0.2) is 23.1 Å². The molecule has 0 radical (unpaired) electrons. The lowest BCUT2D eigenvalue weighted by Gasteiger charge is -2.08. The van der Waals surface area contributed by atoms with Gasteiger partial charge in [0.25, 0.3) is 0 Å². The Hall–Kier alpha value is -2.79. The number of rotatable bonds is 5. The van der Waals surface area contributed by atoms with Crippen LogP contribution < -0.4 is 4.72 Å². The molecule has 0 aliphatic heterocycles. The van der Waals surface area contributed by atoms with Crippen LogP contribution in [0.4, 0.5) is 0 Å². The van der Waals surface area contributed by atoms with Crippen LogP contribution in [0.25, 0.3) is 11.1 Å². The van der Waals surface area contributed by atoms with Gasteiger partial charge in [-0.3, -0.25) is 0 Å². The monoisotopic (exact) mass is 384 g/mol. The molecule has 1 aromatic heterocycles. The van der Waals surface area contributed by atoms with E-state index in [1.807, 2.05) is 12.1 Å². The van der Waals surface area contributed by atoms with Crippen LogP contribution in [0.15, 0.2) is 65.7 Å². The zero-order chi connectivity index (χ0) is 18.6. The van der Waals surface area contributed by atoms with E-state index in [9.17, 15) is 8.42 Å². The molecule has 0 aliphatic carbocycles. The van der Waals surface area contributed by atoms with E-state index in [0.29, 0.717) is 11.3 Å². The average Bonchev–Trinajstić information content (AvgIpc) is 2.67. The lowest BCUT2D eigenvalue weighted by Crippen LogP contribution is -2.23. The summed E-state index contributed by atoms with van der Waals surface area (Å²) in [5, 5.41) is 8.90. The highest BCUT2D eigenvalue weighted by Gasteiger charge is 2.14. The number of hydrogen-bond acceptors (Lipinski definition) is 5. The number of aromatic nitrogens is 2. The number of nitrogens with one attached hydrogen (secondary N) is 1. The van der Waals surface area contributed by atoms with Crippen LogP contribution in [0.1, 0.15) is 11.3 Å². The van der Waals surface area contributed by atoms with Gasteiger partial charge in [0, 0.05) is 6.20 Å². The molecule has 26 heavy (non-hydrogen) atoms. The van der Waals surface area contributed by atoms with E-state index < -0.39 is 10.0 Å². The highest BCUT2D eigenvalue weighted by molar-refractivity contribution is 7.89. The Morgan fingerprint density at radius 1 is 1.00 bits per heavy atom. The largest absolute Gasteiger partial charge is 0.240 e. The van der Waals surface area contributed by atoms with Gasteiger partial charge in [-0.2, -0.15) is 5.26 Å². The summed E-state index contributed by atoms with van der Waals surface area (Å²) < 4.78 is 27.3. The molecule has 3 rings (SSSR count). The fourth-order valence-corrected chi connectivity index (χ4v) is 3.45. The number of benzene rings is 2. The zero-order valence-corrected chi connectivity index (χ0v) is 15.0. The van der Waals surface area contributed by atoms with Crippen molar-refractivity contribution in [3.05, 3.63) is 77.3 Å². The predicted molar refractivity (Wildman–Crippen MR) is 97.7 cm³/mol. The topological polar surface area (TPSA) is 95.7 Å². The minimum Gasteiger partial charge on any atom is -0.227 e. The molecule has 130 valence electrons. The van der Waals surface area contributed by atoms with Crippen molar-refractivity contribution in [3.8, 4) is 17.2 Å². The van der Waals surface area contributed by atoms with Crippen LogP contribution in [0.2, 0.25) is 5.28 Å². The van der Waals surface area contributed by atoms with Gasteiger partial charge in [0.2, 0.25) is 15.3 Å². The quantitative estimate of drug-likeness (QED) is 0.681. The molecule has 0 atom stereocenters. The Morgan fingerprint density at radius 2 is 1.62 bits per heavy atom. The lowest BCUT2D eigenvalue weighted by molar-refractivity contribution is 0.580. The van der Waals surface area contributed by atoms with Crippen molar-refractivity contribution >= 4 is 21.6 Å². The van der Waals surface area contributed by atoms with Crippen LogP contribution in [-0.4, -0.2) is 18.4 Å². The molecule has 0 unspecified atom stereocenters. The van der Waals surface area contributed by atoms with Gasteiger partial charge < -0.3 is 0 Å². The molecule has 0 fully saturated rings. The smallest absolute Gasteiger partial charge is 0.227 e. The molecule has 0 spiro atoms. The van der Waals surface area contributed by atoms with Crippen LogP contribution >= 0.6 is 11.6 Å². The number of nitrogens with zero attached hydrogens (tertiary/aromatic N) is 3. The van der Waals surface area contributed by atoms with Gasteiger partial charge in [0.15, 0.2) is 0 Å². The highest BCUT2D eigenvalue weighted by atomic mass is 35.5. The fourth-order valence-electron chi connectivity index (χ4n) is 2.28. The molecule has 0 aliphatic rings. The summed E-state index contributed by atoms with van der Waals surface area (Å²) in [5.74, 6) is 0. The molecule has 0 bridgehead atoms. The maximum absolute atomic E-state index is 12.4. The first kappa shape index (κ1) is 18.0. The van der Waals surface area contributed by atoms with Crippen molar-refractivity contribution in [3.63, 3.8) is 0 Å². The highest BCUT2D eigenvalue weighted by Crippen LogP contribution is 2.22. The summed E-state index contributed by atoms with van der Waals surface area (Å²) in [7, 11) is -3.68. The summed E-state index contributed by atoms with van der Waals surface area (Å²) in [6, 6.07) is 17.2. The van der Waals surface area contributed by atoms with Crippen molar-refractivity contribution in [1.82, 2.24) is 14.7 Å². The molecule has 0 amide bonds. The molecule has 8 heteroatoms. The molecule has 3 aromatic rings. The van der Waals surface area contributed by atoms with Gasteiger partial charge in [0.1, 0.15) is 0 Å². The molecule has 0 saturated heterocycles. The third kappa shape index (κ3) is 4.24. The van der Waals surface area contributed by atoms with E-state index in [0.717, 1.165) is 11.1 Å². The van der Waals surface area contributed by atoms with Crippen molar-refractivity contribution in [2.75, 3.05) is 0 Å². The van der Waals surface area contributed by atoms with E-state index in [-0.39, 0.29) is 16.7 Å². The normalized spacial score (nSPS) is 11.1. The fraction of sp³-hybridized carbons (Fsp3) is 0.0556. The standard InChI is InChI=1S/C18H13ClN4O2S/c19-18-21-10-9-16(23-18)12-22-26(24,25)17-7-5-15(6-8-17)14-3-1-13(11-20)2-4-14/h1-10,22H,12H2. The van der Waals surface area contributed by atoms with Crippen LogP contribution in [-0.2, 0) is 16.6 Å². The summed E-state index contributed by atoms with van der Waals surface area (Å²) in [4.78, 5) is 7.84. The van der Waals surface area contributed by atoms with Gasteiger partial charge in [-0.1, -0.05) is 24.3 Å².